The molecule has 13 heavy (non-hydrogen) atoms. The summed E-state index contributed by atoms with van der Waals surface area (Å²) < 4.78 is 0. The molecule has 2 rings (SSSR count). The Balaban J connectivity index is 2.37. The molecule has 0 unspecified atom stereocenters. The zero-order chi connectivity index (χ0) is 9.26. The van der Waals surface area contributed by atoms with E-state index in [1.807, 2.05) is 6.20 Å². The molecule has 0 radical (unpaired) electrons. The number of hydrogen-bond donors (Lipinski definition) is 0. The van der Waals surface area contributed by atoms with Crippen molar-refractivity contribution in [2.24, 2.45) is 5.92 Å². The molecule has 0 aromatic carbocycles. The van der Waals surface area contributed by atoms with Crippen LogP contribution in [0.5, 0.6) is 0 Å². The number of fused-ring (bicyclic) bond motifs is 1. The second-order valence-corrected chi connectivity index (χ2v) is 4.29. The summed E-state index contributed by atoms with van der Waals surface area (Å²) in [6.07, 6.45) is 5.81. The minimum Gasteiger partial charge on any atom is -0.261 e. The van der Waals surface area contributed by atoms with E-state index in [1.54, 1.807) is 0 Å². The molecule has 1 heterocycles. The highest BCUT2D eigenvalue weighted by molar-refractivity contribution is 5.26. The topological polar surface area (TPSA) is 12.9 Å². The Bertz CT molecular complexity index is 291. The average Bonchev–Trinajstić information content (AvgIpc) is 2.17. The molecule has 0 aliphatic heterocycles. The van der Waals surface area contributed by atoms with Crippen LogP contribution in [-0.4, -0.2) is 4.98 Å². The molecular weight excluding hydrogens is 158 g/mol. The highest BCUT2D eigenvalue weighted by Crippen LogP contribution is 2.34. The maximum absolute atomic E-state index is 4.52. The molecule has 1 aliphatic carbocycles. The van der Waals surface area contributed by atoms with Gasteiger partial charge in [-0.3, -0.25) is 4.98 Å². The van der Waals surface area contributed by atoms with E-state index in [0.717, 1.165) is 5.92 Å². The van der Waals surface area contributed by atoms with Gasteiger partial charge in [0, 0.05) is 17.8 Å². The Kier molecular flexibility index (Phi) is 2.34. The molecule has 0 amide bonds. The molecule has 70 valence electrons. The molecule has 0 spiro atoms. The lowest BCUT2D eigenvalue weighted by atomic mass is 9.80. The first-order valence-electron chi connectivity index (χ1n) is 5.23. The maximum atomic E-state index is 4.52. The number of hydrogen-bond acceptors (Lipinski definition) is 1. The van der Waals surface area contributed by atoms with Gasteiger partial charge in [0.05, 0.1) is 0 Å². The van der Waals surface area contributed by atoms with Crippen molar-refractivity contribution in [3.05, 3.63) is 29.6 Å². The van der Waals surface area contributed by atoms with E-state index < -0.39 is 0 Å². The van der Waals surface area contributed by atoms with Crippen molar-refractivity contribution >= 4 is 0 Å². The van der Waals surface area contributed by atoms with Gasteiger partial charge in [0.2, 0.25) is 0 Å². The van der Waals surface area contributed by atoms with Crippen LogP contribution >= 0.6 is 0 Å². The zero-order valence-electron chi connectivity index (χ0n) is 8.46. The lowest BCUT2D eigenvalue weighted by Gasteiger charge is -2.26. The van der Waals surface area contributed by atoms with Crippen LogP contribution in [0.1, 0.15) is 43.9 Å². The van der Waals surface area contributed by atoms with Crippen molar-refractivity contribution in [3.8, 4) is 0 Å². The fraction of sp³-hybridized carbons (Fsp3) is 0.583. The molecule has 1 atom stereocenters. The van der Waals surface area contributed by atoms with Crippen molar-refractivity contribution in [3.63, 3.8) is 0 Å². The highest BCUT2D eigenvalue weighted by Gasteiger charge is 2.23. The first-order chi connectivity index (χ1) is 6.29. The summed E-state index contributed by atoms with van der Waals surface area (Å²) in [7, 11) is 0. The molecule has 1 nitrogen and oxygen atoms in total. The largest absolute Gasteiger partial charge is 0.261 e. The molecular formula is C12H17N. The minimum atomic E-state index is 0.699. The summed E-state index contributed by atoms with van der Waals surface area (Å²) >= 11 is 0. The number of nitrogens with zero attached hydrogens (tertiary/aromatic N) is 1. The molecule has 1 aromatic heterocycles. The van der Waals surface area contributed by atoms with Gasteiger partial charge < -0.3 is 0 Å². The van der Waals surface area contributed by atoms with Crippen molar-refractivity contribution < 1.29 is 0 Å². The smallest absolute Gasteiger partial charge is 0.0468 e. The lowest BCUT2D eigenvalue weighted by molar-refractivity contribution is 0.423. The van der Waals surface area contributed by atoms with Crippen LogP contribution < -0.4 is 0 Å². The summed E-state index contributed by atoms with van der Waals surface area (Å²) in [6, 6.07) is 4.29. The van der Waals surface area contributed by atoms with E-state index in [2.05, 4.69) is 31.0 Å². The van der Waals surface area contributed by atoms with Crippen LogP contribution in [0.4, 0.5) is 0 Å². The predicted molar refractivity (Wildman–Crippen MR) is 54.8 cm³/mol. The molecule has 0 fully saturated rings. The van der Waals surface area contributed by atoms with Gasteiger partial charge in [-0.1, -0.05) is 19.9 Å². The van der Waals surface area contributed by atoms with Gasteiger partial charge in [0.25, 0.3) is 0 Å². The van der Waals surface area contributed by atoms with E-state index in [0.29, 0.717) is 5.92 Å². The van der Waals surface area contributed by atoms with Crippen LogP contribution in [0.2, 0.25) is 0 Å². The number of rotatable bonds is 1. The van der Waals surface area contributed by atoms with Crippen LogP contribution in [-0.2, 0) is 6.42 Å². The van der Waals surface area contributed by atoms with Crippen molar-refractivity contribution in [2.75, 3.05) is 0 Å². The molecule has 0 saturated carbocycles. The average molecular weight is 175 g/mol. The Morgan fingerprint density at radius 3 is 3.08 bits per heavy atom. The summed E-state index contributed by atoms with van der Waals surface area (Å²) in [5.41, 5.74) is 2.84. The Morgan fingerprint density at radius 1 is 1.46 bits per heavy atom. The normalized spacial score (nSPS) is 21.6. The van der Waals surface area contributed by atoms with Crippen LogP contribution in [0.25, 0.3) is 0 Å². The summed E-state index contributed by atoms with van der Waals surface area (Å²) in [6.45, 7) is 4.60. The number of pyridine rings is 1. The zero-order valence-corrected chi connectivity index (χ0v) is 8.46. The van der Waals surface area contributed by atoms with Crippen LogP contribution in [0.15, 0.2) is 18.3 Å². The number of aryl methyl sites for hydroxylation is 1. The van der Waals surface area contributed by atoms with Gasteiger partial charge in [-0.2, -0.15) is 0 Å². The van der Waals surface area contributed by atoms with Gasteiger partial charge in [-0.25, -0.2) is 0 Å². The second-order valence-electron chi connectivity index (χ2n) is 4.29. The Morgan fingerprint density at radius 2 is 2.31 bits per heavy atom. The molecule has 1 aromatic rings. The Hall–Kier alpha value is -0.850. The second kappa shape index (κ2) is 3.49. The van der Waals surface area contributed by atoms with E-state index in [-0.39, 0.29) is 0 Å². The van der Waals surface area contributed by atoms with Crippen molar-refractivity contribution in [1.29, 1.82) is 0 Å². The highest BCUT2D eigenvalue weighted by atomic mass is 14.7. The SMILES string of the molecule is CC(C)[C@H]1CCCc2cccnc21. The quantitative estimate of drug-likeness (QED) is 0.639. The fourth-order valence-electron chi connectivity index (χ4n) is 2.29. The predicted octanol–water partition coefficient (Wildman–Crippen LogP) is 3.16. The molecule has 1 heteroatoms. The monoisotopic (exact) mass is 175 g/mol. The molecule has 0 saturated heterocycles. The standard InChI is InChI=1S/C12H17N/c1-9(2)11-7-3-5-10-6-4-8-13-12(10)11/h4,6,8-9,11H,3,5,7H2,1-2H3/t11-/m1/s1. The molecule has 1 aliphatic rings. The van der Waals surface area contributed by atoms with Gasteiger partial charge in [0.15, 0.2) is 0 Å². The maximum Gasteiger partial charge on any atom is 0.0468 e. The van der Waals surface area contributed by atoms with E-state index in [9.17, 15) is 0 Å². The van der Waals surface area contributed by atoms with Crippen molar-refractivity contribution in [1.82, 2.24) is 4.98 Å². The fourth-order valence-corrected chi connectivity index (χ4v) is 2.29. The van der Waals surface area contributed by atoms with Crippen LogP contribution in [0, 0.1) is 5.92 Å². The Labute approximate surface area is 80.2 Å². The van der Waals surface area contributed by atoms with Crippen LogP contribution in [0.3, 0.4) is 0 Å². The molecule has 0 N–H and O–H groups in total. The lowest BCUT2D eigenvalue weighted by Crippen LogP contribution is -2.16. The summed E-state index contributed by atoms with van der Waals surface area (Å²) in [4.78, 5) is 4.52. The van der Waals surface area contributed by atoms with Gasteiger partial charge in [-0.05, 0) is 36.8 Å². The van der Waals surface area contributed by atoms with E-state index in [4.69, 9.17) is 0 Å². The first kappa shape index (κ1) is 8.74. The number of aromatic nitrogens is 1. The third-order valence-corrected chi connectivity index (χ3v) is 3.04. The minimum absolute atomic E-state index is 0.699. The molecule has 0 bridgehead atoms. The van der Waals surface area contributed by atoms with E-state index in [1.165, 1.54) is 30.5 Å². The van der Waals surface area contributed by atoms with E-state index >= 15 is 0 Å². The van der Waals surface area contributed by atoms with Crippen molar-refractivity contribution in [2.45, 2.75) is 39.0 Å². The first-order valence-corrected chi connectivity index (χ1v) is 5.23. The third-order valence-electron chi connectivity index (χ3n) is 3.04. The van der Waals surface area contributed by atoms with Gasteiger partial charge >= 0.3 is 0 Å². The third kappa shape index (κ3) is 1.60. The van der Waals surface area contributed by atoms with Gasteiger partial charge in [-0.15, -0.1) is 0 Å². The van der Waals surface area contributed by atoms with Gasteiger partial charge in [0.1, 0.15) is 0 Å². The summed E-state index contributed by atoms with van der Waals surface area (Å²) in [5.74, 6) is 1.43. The summed E-state index contributed by atoms with van der Waals surface area (Å²) in [5, 5.41) is 0.